The van der Waals surface area contributed by atoms with Gasteiger partial charge >= 0.3 is 0 Å². The van der Waals surface area contributed by atoms with E-state index in [9.17, 15) is 9.59 Å². The predicted octanol–water partition coefficient (Wildman–Crippen LogP) is 3.23. The number of nitrogens with zero attached hydrogens (tertiary/aromatic N) is 1. The Kier molecular flexibility index (Phi) is 6.58. The second-order valence-corrected chi connectivity index (χ2v) is 6.60. The van der Waals surface area contributed by atoms with Gasteiger partial charge in [-0.3, -0.25) is 9.59 Å². The quantitative estimate of drug-likeness (QED) is 0.803. The lowest BCUT2D eigenvalue weighted by molar-refractivity contribution is -0.137. The molecule has 5 nitrogen and oxygen atoms in total. The third-order valence-electron chi connectivity index (χ3n) is 3.71. The van der Waals surface area contributed by atoms with E-state index in [2.05, 4.69) is 21.2 Å². The van der Waals surface area contributed by atoms with Gasteiger partial charge in [0.05, 0.1) is 0 Å². The number of carbonyl (C=O) groups excluding carboxylic acids is 2. The van der Waals surface area contributed by atoms with Crippen LogP contribution in [0.5, 0.6) is 5.75 Å². The Morgan fingerprint density at radius 2 is 1.72 bits per heavy atom. The molecule has 0 bridgehead atoms. The maximum absolute atomic E-state index is 12.5. The molecule has 0 aliphatic heterocycles. The van der Waals surface area contributed by atoms with Gasteiger partial charge in [-0.2, -0.15) is 0 Å². The predicted molar refractivity (Wildman–Crippen MR) is 101 cm³/mol. The average Bonchev–Trinajstić information content (AvgIpc) is 2.62. The van der Waals surface area contributed by atoms with E-state index in [0.717, 1.165) is 10.0 Å². The van der Waals surface area contributed by atoms with E-state index >= 15 is 0 Å². The second-order valence-electron chi connectivity index (χ2n) is 5.68. The molecular formula is C19H21BrN2O3. The van der Waals surface area contributed by atoms with Gasteiger partial charge in [0.1, 0.15) is 5.75 Å². The first kappa shape index (κ1) is 19.0. The van der Waals surface area contributed by atoms with Crippen LogP contribution >= 0.6 is 15.9 Å². The molecule has 2 aromatic carbocycles. The molecule has 0 unspecified atom stereocenters. The van der Waals surface area contributed by atoms with E-state index < -0.39 is 6.10 Å². The summed E-state index contributed by atoms with van der Waals surface area (Å²) >= 11 is 3.36. The van der Waals surface area contributed by atoms with Crippen LogP contribution in [-0.4, -0.2) is 36.9 Å². The second kappa shape index (κ2) is 8.67. The van der Waals surface area contributed by atoms with Crippen molar-refractivity contribution in [2.75, 3.05) is 14.1 Å². The fraction of sp³-hybridized carbons (Fsp3) is 0.263. The normalized spacial score (nSPS) is 11.5. The summed E-state index contributed by atoms with van der Waals surface area (Å²) in [6.07, 6.45) is -0.587. The summed E-state index contributed by atoms with van der Waals surface area (Å²) in [6, 6.07) is 14.5. The Morgan fingerprint density at radius 3 is 2.28 bits per heavy atom. The SMILES string of the molecule is CNC(=O)c1ccc(CN(C)C(=O)[C@@H](C)Oc2ccc(Br)cc2)cc1. The molecule has 0 radical (unpaired) electrons. The third-order valence-corrected chi connectivity index (χ3v) is 4.24. The zero-order valence-corrected chi connectivity index (χ0v) is 16.0. The van der Waals surface area contributed by atoms with Gasteiger partial charge in [0.2, 0.25) is 0 Å². The first-order chi connectivity index (χ1) is 11.9. The van der Waals surface area contributed by atoms with Crippen LogP contribution < -0.4 is 10.1 Å². The van der Waals surface area contributed by atoms with Crippen LogP contribution in [0.1, 0.15) is 22.8 Å². The van der Waals surface area contributed by atoms with E-state index in [4.69, 9.17) is 4.74 Å². The van der Waals surface area contributed by atoms with Crippen LogP contribution in [0.2, 0.25) is 0 Å². The average molecular weight is 405 g/mol. The monoisotopic (exact) mass is 404 g/mol. The molecule has 2 rings (SSSR count). The van der Waals surface area contributed by atoms with Crippen LogP contribution in [-0.2, 0) is 11.3 Å². The van der Waals surface area contributed by atoms with E-state index in [1.807, 2.05) is 36.4 Å². The van der Waals surface area contributed by atoms with Crippen LogP contribution in [0.4, 0.5) is 0 Å². The number of nitrogens with one attached hydrogen (secondary N) is 1. The molecule has 0 aliphatic rings. The van der Waals surface area contributed by atoms with Gasteiger partial charge in [-0.25, -0.2) is 0 Å². The molecule has 0 aromatic heterocycles. The lowest BCUT2D eigenvalue weighted by atomic mass is 10.1. The van der Waals surface area contributed by atoms with Crippen molar-refractivity contribution in [1.82, 2.24) is 10.2 Å². The van der Waals surface area contributed by atoms with Gasteiger partial charge in [-0.15, -0.1) is 0 Å². The third kappa shape index (κ3) is 5.32. The molecule has 0 fully saturated rings. The lowest BCUT2D eigenvalue weighted by Gasteiger charge is -2.22. The molecule has 0 aliphatic carbocycles. The van der Waals surface area contributed by atoms with Crippen molar-refractivity contribution in [2.45, 2.75) is 19.6 Å². The van der Waals surface area contributed by atoms with Crippen molar-refractivity contribution in [1.29, 1.82) is 0 Å². The number of halogens is 1. The van der Waals surface area contributed by atoms with Crippen molar-refractivity contribution >= 4 is 27.7 Å². The molecule has 0 saturated carbocycles. The Bertz CT molecular complexity index is 729. The van der Waals surface area contributed by atoms with Gasteiger partial charge in [0.15, 0.2) is 6.10 Å². The van der Waals surface area contributed by atoms with Gasteiger partial charge in [0.25, 0.3) is 11.8 Å². The minimum absolute atomic E-state index is 0.113. The number of amides is 2. The number of ether oxygens (including phenoxy) is 1. The minimum Gasteiger partial charge on any atom is -0.481 e. The summed E-state index contributed by atoms with van der Waals surface area (Å²) in [5, 5.41) is 2.58. The fourth-order valence-electron chi connectivity index (χ4n) is 2.34. The first-order valence-electron chi connectivity index (χ1n) is 7.89. The number of carbonyl (C=O) groups is 2. The number of benzene rings is 2. The van der Waals surface area contributed by atoms with Crippen LogP contribution in [0.15, 0.2) is 53.0 Å². The van der Waals surface area contributed by atoms with Gasteiger partial charge in [-0.1, -0.05) is 28.1 Å². The van der Waals surface area contributed by atoms with Crippen molar-refractivity contribution in [3.05, 3.63) is 64.1 Å². The van der Waals surface area contributed by atoms with Crippen LogP contribution in [0.3, 0.4) is 0 Å². The van der Waals surface area contributed by atoms with E-state index in [0.29, 0.717) is 17.9 Å². The summed E-state index contributed by atoms with van der Waals surface area (Å²) < 4.78 is 6.64. The van der Waals surface area contributed by atoms with Crippen molar-refractivity contribution in [3.63, 3.8) is 0 Å². The summed E-state index contributed by atoms with van der Waals surface area (Å²) in [5.74, 6) is 0.401. The molecule has 0 saturated heterocycles. The molecule has 25 heavy (non-hydrogen) atoms. The highest BCUT2D eigenvalue weighted by Gasteiger charge is 2.19. The molecule has 0 spiro atoms. The molecule has 1 N–H and O–H groups in total. The van der Waals surface area contributed by atoms with Crippen molar-refractivity contribution in [2.24, 2.45) is 0 Å². The van der Waals surface area contributed by atoms with Crippen LogP contribution in [0.25, 0.3) is 0 Å². The van der Waals surface area contributed by atoms with E-state index in [1.165, 1.54) is 0 Å². The van der Waals surface area contributed by atoms with Crippen molar-refractivity contribution in [3.8, 4) is 5.75 Å². The lowest BCUT2D eigenvalue weighted by Crippen LogP contribution is -2.37. The highest BCUT2D eigenvalue weighted by Crippen LogP contribution is 2.18. The Labute approximate surface area is 156 Å². The Balaban J connectivity index is 1.94. The Morgan fingerprint density at radius 1 is 1.12 bits per heavy atom. The minimum atomic E-state index is -0.587. The van der Waals surface area contributed by atoms with Gasteiger partial charge < -0.3 is 15.0 Å². The summed E-state index contributed by atoms with van der Waals surface area (Å²) in [4.78, 5) is 25.6. The zero-order chi connectivity index (χ0) is 18.4. The molecular weight excluding hydrogens is 384 g/mol. The highest BCUT2D eigenvalue weighted by molar-refractivity contribution is 9.10. The smallest absolute Gasteiger partial charge is 0.263 e. The topological polar surface area (TPSA) is 58.6 Å². The van der Waals surface area contributed by atoms with Gasteiger partial charge in [-0.05, 0) is 48.9 Å². The summed E-state index contributed by atoms with van der Waals surface area (Å²) in [6.45, 7) is 2.18. The zero-order valence-electron chi connectivity index (χ0n) is 14.5. The van der Waals surface area contributed by atoms with E-state index in [1.54, 1.807) is 38.1 Å². The maximum atomic E-state index is 12.5. The molecule has 2 aromatic rings. The molecule has 1 atom stereocenters. The summed E-state index contributed by atoms with van der Waals surface area (Å²) in [5.41, 5.74) is 1.53. The molecule has 0 heterocycles. The highest BCUT2D eigenvalue weighted by atomic mass is 79.9. The first-order valence-corrected chi connectivity index (χ1v) is 8.68. The molecule has 132 valence electrons. The fourth-order valence-corrected chi connectivity index (χ4v) is 2.60. The standard InChI is InChI=1S/C19H21BrN2O3/c1-13(25-17-10-8-16(20)9-11-17)19(24)22(3)12-14-4-6-15(7-5-14)18(23)21-2/h4-11,13H,12H2,1-3H3,(H,21,23)/t13-/m1/s1. The molecule has 2 amide bonds. The van der Waals surface area contributed by atoms with Crippen LogP contribution in [0, 0.1) is 0 Å². The molecule has 6 heteroatoms. The van der Waals surface area contributed by atoms with E-state index in [-0.39, 0.29) is 11.8 Å². The number of hydrogen-bond donors (Lipinski definition) is 1. The number of likely N-dealkylation sites (N-methyl/N-ethyl adjacent to an activating group) is 1. The summed E-state index contributed by atoms with van der Waals surface area (Å²) in [7, 11) is 3.33. The number of hydrogen-bond acceptors (Lipinski definition) is 3. The van der Waals surface area contributed by atoms with Crippen molar-refractivity contribution < 1.29 is 14.3 Å². The Hall–Kier alpha value is -2.34. The number of rotatable bonds is 6. The maximum Gasteiger partial charge on any atom is 0.263 e. The van der Waals surface area contributed by atoms with Gasteiger partial charge in [0, 0.05) is 30.7 Å². The largest absolute Gasteiger partial charge is 0.481 e.